The van der Waals surface area contributed by atoms with E-state index in [4.69, 9.17) is 5.73 Å². The summed E-state index contributed by atoms with van der Waals surface area (Å²) in [5.74, 6) is 0.0682. The lowest BCUT2D eigenvalue weighted by atomic mass is 10.0. The molecule has 134 valence electrons. The molecular weight excluding hydrogens is 333 g/mol. The normalized spacial score (nSPS) is 11.6. The number of amides is 1. The molecule has 0 aliphatic carbocycles. The van der Waals surface area contributed by atoms with Gasteiger partial charge in [-0.25, -0.2) is 0 Å². The maximum absolute atomic E-state index is 11.8. The van der Waals surface area contributed by atoms with Gasteiger partial charge in [0, 0.05) is 13.1 Å². The first-order chi connectivity index (χ1) is 9.97. The molecule has 1 aromatic rings. The molecule has 1 amide bonds. The van der Waals surface area contributed by atoms with Crippen LogP contribution in [0.4, 0.5) is 0 Å². The highest BCUT2D eigenvalue weighted by molar-refractivity contribution is 5.85. The number of nitrogens with zero attached hydrogens (tertiary/aromatic N) is 1. The van der Waals surface area contributed by atoms with Gasteiger partial charge in [0.25, 0.3) is 0 Å². The topological polar surface area (TPSA) is 58.4 Å². The van der Waals surface area contributed by atoms with E-state index < -0.39 is 6.04 Å². The molecule has 0 saturated carbocycles. The predicted molar refractivity (Wildman–Crippen MR) is 102 cm³/mol. The summed E-state index contributed by atoms with van der Waals surface area (Å²) in [6, 6.07) is 7.96. The molecule has 1 aromatic carbocycles. The number of carbonyl (C=O) groups excluding carboxylic acids is 1. The molecule has 1 rings (SSSR count). The Morgan fingerprint density at radius 1 is 1.09 bits per heavy atom. The maximum Gasteiger partial charge on any atom is 0.237 e. The van der Waals surface area contributed by atoms with Crippen molar-refractivity contribution in [2.45, 2.75) is 46.8 Å². The summed E-state index contributed by atoms with van der Waals surface area (Å²) in [5, 5.41) is 2.89. The van der Waals surface area contributed by atoms with Gasteiger partial charge in [0.05, 0.1) is 6.04 Å². The average molecular weight is 364 g/mol. The van der Waals surface area contributed by atoms with Gasteiger partial charge in [-0.15, -0.1) is 24.8 Å². The van der Waals surface area contributed by atoms with Crippen LogP contribution < -0.4 is 11.1 Å². The largest absolute Gasteiger partial charge is 0.351 e. The van der Waals surface area contributed by atoms with Gasteiger partial charge in [0.2, 0.25) is 5.91 Å². The minimum Gasteiger partial charge on any atom is -0.351 e. The number of nitrogens with two attached hydrogens (primary N) is 1. The van der Waals surface area contributed by atoms with Gasteiger partial charge >= 0.3 is 0 Å². The van der Waals surface area contributed by atoms with Gasteiger partial charge in [-0.3, -0.25) is 9.69 Å². The SMILES string of the molecule is CCN(CC)Cc1ccc(CNC(=O)[C@H](N)C(C)C)cc1.Cl.Cl. The molecule has 0 saturated heterocycles. The first kappa shape index (κ1) is 24.4. The summed E-state index contributed by atoms with van der Waals surface area (Å²) in [6.07, 6.45) is 0. The molecule has 1 atom stereocenters. The summed E-state index contributed by atoms with van der Waals surface area (Å²) in [4.78, 5) is 14.2. The lowest BCUT2D eigenvalue weighted by Gasteiger charge is -2.18. The third kappa shape index (κ3) is 8.56. The minimum atomic E-state index is -0.438. The Morgan fingerprint density at radius 2 is 1.57 bits per heavy atom. The molecule has 0 fully saturated rings. The number of hydrogen-bond acceptors (Lipinski definition) is 3. The van der Waals surface area contributed by atoms with Gasteiger partial charge in [0.15, 0.2) is 0 Å². The van der Waals surface area contributed by atoms with E-state index in [1.54, 1.807) is 0 Å². The van der Waals surface area contributed by atoms with Crippen LogP contribution in [-0.2, 0) is 17.9 Å². The Kier molecular flexibility index (Phi) is 13.4. The van der Waals surface area contributed by atoms with Crippen molar-refractivity contribution in [2.75, 3.05) is 13.1 Å². The van der Waals surface area contributed by atoms with Gasteiger partial charge in [0.1, 0.15) is 0 Å². The van der Waals surface area contributed by atoms with Crippen molar-refractivity contribution in [3.8, 4) is 0 Å². The fourth-order valence-electron chi connectivity index (χ4n) is 2.08. The fourth-order valence-corrected chi connectivity index (χ4v) is 2.08. The lowest BCUT2D eigenvalue weighted by Crippen LogP contribution is -2.43. The van der Waals surface area contributed by atoms with Gasteiger partial charge < -0.3 is 11.1 Å². The molecule has 6 heteroatoms. The second-order valence-electron chi connectivity index (χ2n) is 5.77. The maximum atomic E-state index is 11.8. The Bertz CT molecular complexity index is 434. The van der Waals surface area contributed by atoms with Crippen LogP contribution in [0.2, 0.25) is 0 Å². The molecule has 0 radical (unpaired) electrons. The molecule has 3 N–H and O–H groups in total. The van der Waals surface area contributed by atoms with Crippen molar-refractivity contribution in [3.63, 3.8) is 0 Å². The van der Waals surface area contributed by atoms with Gasteiger partial charge in [-0.1, -0.05) is 52.0 Å². The van der Waals surface area contributed by atoms with Crippen LogP contribution in [0.1, 0.15) is 38.8 Å². The van der Waals surface area contributed by atoms with Crippen LogP contribution >= 0.6 is 24.8 Å². The first-order valence-electron chi connectivity index (χ1n) is 7.81. The highest BCUT2D eigenvalue weighted by Crippen LogP contribution is 2.08. The zero-order chi connectivity index (χ0) is 15.8. The van der Waals surface area contributed by atoms with E-state index in [9.17, 15) is 4.79 Å². The second-order valence-corrected chi connectivity index (χ2v) is 5.77. The summed E-state index contributed by atoms with van der Waals surface area (Å²) in [7, 11) is 0. The summed E-state index contributed by atoms with van der Waals surface area (Å²) in [5.41, 5.74) is 8.21. The molecule has 0 spiro atoms. The number of rotatable bonds is 8. The van der Waals surface area contributed by atoms with E-state index in [1.807, 2.05) is 13.8 Å². The molecule has 0 unspecified atom stereocenters. The number of hydrogen-bond donors (Lipinski definition) is 2. The monoisotopic (exact) mass is 363 g/mol. The number of carbonyl (C=O) groups is 1. The molecule has 0 aliphatic rings. The van der Waals surface area contributed by atoms with E-state index >= 15 is 0 Å². The van der Waals surface area contributed by atoms with E-state index in [0.717, 1.165) is 25.2 Å². The standard InChI is InChI=1S/C17H29N3O.2ClH/c1-5-20(6-2)12-15-9-7-14(8-10-15)11-19-17(21)16(18)13(3)4;;/h7-10,13,16H,5-6,11-12,18H2,1-4H3,(H,19,21);2*1H/t16-;;/m1../s1. The summed E-state index contributed by atoms with van der Waals surface area (Å²) < 4.78 is 0. The Labute approximate surface area is 153 Å². The summed E-state index contributed by atoms with van der Waals surface area (Å²) in [6.45, 7) is 11.9. The van der Waals surface area contributed by atoms with Crippen molar-refractivity contribution in [3.05, 3.63) is 35.4 Å². The van der Waals surface area contributed by atoms with Crippen LogP contribution in [0.3, 0.4) is 0 Å². The van der Waals surface area contributed by atoms with Crippen LogP contribution in [0.15, 0.2) is 24.3 Å². The van der Waals surface area contributed by atoms with Crippen LogP contribution in [0.5, 0.6) is 0 Å². The van der Waals surface area contributed by atoms with Crippen molar-refractivity contribution in [1.82, 2.24) is 10.2 Å². The molecular formula is C17H31Cl2N3O. The van der Waals surface area contributed by atoms with Crippen molar-refractivity contribution >= 4 is 30.7 Å². The highest BCUT2D eigenvalue weighted by atomic mass is 35.5. The highest BCUT2D eigenvalue weighted by Gasteiger charge is 2.16. The lowest BCUT2D eigenvalue weighted by molar-refractivity contribution is -0.123. The third-order valence-electron chi connectivity index (χ3n) is 3.81. The van der Waals surface area contributed by atoms with Crippen LogP contribution in [0, 0.1) is 5.92 Å². The van der Waals surface area contributed by atoms with Crippen LogP contribution in [-0.4, -0.2) is 29.9 Å². The smallest absolute Gasteiger partial charge is 0.237 e. The van der Waals surface area contributed by atoms with Crippen molar-refractivity contribution < 1.29 is 4.79 Å². The second kappa shape index (κ2) is 12.6. The number of nitrogens with one attached hydrogen (secondary N) is 1. The minimum absolute atomic E-state index is 0. The van der Waals surface area contributed by atoms with Gasteiger partial charge in [-0.05, 0) is 30.1 Å². The van der Waals surface area contributed by atoms with E-state index in [1.165, 1.54) is 5.56 Å². The third-order valence-corrected chi connectivity index (χ3v) is 3.81. The molecule has 0 bridgehead atoms. The molecule has 4 nitrogen and oxygen atoms in total. The quantitative estimate of drug-likeness (QED) is 0.746. The molecule has 0 aliphatic heterocycles. The Balaban J connectivity index is 0. The zero-order valence-corrected chi connectivity index (χ0v) is 16.2. The molecule has 0 heterocycles. The van der Waals surface area contributed by atoms with E-state index in [-0.39, 0.29) is 36.6 Å². The average Bonchev–Trinajstić information content (AvgIpc) is 2.50. The van der Waals surface area contributed by atoms with Crippen molar-refractivity contribution in [1.29, 1.82) is 0 Å². The Morgan fingerprint density at radius 3 is 2.00 bits per heavy atom. The zero-order valence-electron chi connectivity index (χ0n) is 14.5. The Hall–Kier alpha value is -0.810. The predicted octanol–water partition coefficient (Wildman–Crippen LogP) is 2.97. The number of benzene rings is 1. The molecule has 23 heavy (non-hydrogen) atoms. The van der Waals surface area contributed by atoms with Crippen LogP contribution in [0.25, 0.3) is 0 Å². The van der Waals surface area contributed by atoms with Gasteiger partial charge in [-0.2, -0.15) is 0 Å². The van der Waals surface area contributed by atoms with E-state index in [2.05, 4.69) is 48.3 Å². The fraction of sp³-hybridized carbons (Fsp3) is 0.588. The first-order valence-corrected chi connectivity index (χ1v) is 7.81. The number of halogens is 2. The summed E-state index contributed by atoms with van der Waals surface area (Å²) >= 11 is 0. The van der Waals surface area contributed by atoms with Crippen molar-refractivity contribution in [2.24, 2.45) is 11.7 Å². The van der Waals surface area contributed by atoms with E-state index in [0.29, 0.717) is 6.54 Å². The molecule has 0 aromatic heterocycles.